The van der Waals surface area contributed by atoms with Crippen LogP contribution in [0, 0.1) is 0 Å². The number of halogens is 2. The molecule has 3 rings (SSSR count). The number of benzene rings is 2. The molecule has 0 bridgehead atoms. The number of hydrogen-bond donors (Lipinski definition) is 3. The van der Waals surface area contributed by atoms with Gasteiger partial charge in [-0.25, -0.2) is 18.2 Å². The first-order valence-corrected chi connectivity index (χ1v) is 12.4. The second-order valence-electron chi connectivity index (χ2n) is 8.36. The Labute approximate surface area is 207 Å². The van der Waals surface area contributed by atoms with Crippen LogP contribution in [-0.2, 0) is 15.8 Å². The lowest BCUT2D eigenvalue weighted by atomic mass is 10.1. The molecule has 180 valence electrons. The van der Waals surface area contributed by atoms with Crippen LogP contribution in [0.3, 0.4) is 0 Å². The van der Waals surface area contributed by atoms with Gasteiger partial charge < -0.3 is 10.4 Å². The summed E-state index contributed by atoms with van der Waals surface area (Å²) in [4.78, 5) is 20.7. The van der Waals surface area contributed by atoms with E-state index in [1.54, 1.807) is 63.2 Å². The van der Waals surface area contributed by atoms with Gasteiger partial charge >= 0.3 is 6.09 Å². The summed E-state index contributed by atoms with van der Waals surface area (Å²) < 4.78 is 28.2. The molecule has 0 saturated heterocycles. The highest BCUT2D eigenvalue weighted by Gasteiger charge is 2.28. The van der Waals surface area contributed by atoms with Crippen molar-refractivity contribution in [3.63, 3.8) is 0 Å². The smallest absolute Gasteiger partial charge is 0.412 e. The number of carbonyl (C=O) groups is 1. The van der Waals surface area contributed by atoms with Crippen molar-refractivity contribution in [3.8, 4) is 0 Å². The average molecular weight is 524 g/mol. The molecule has 1 amide bonds. The van der Waals surface area contributed by atoms with Gasteiger partial charge in [0, 0.05) is 16.9 Å². The molecule has 0 radical (unpaired) electrons. The van der Waals surface area contributed by atoms with E-state index >= 15 is 0 Å². The predicted octanol–water partition coefficient (Wildman–Crippen LogP) is 5.75. The second-order valence-corrected chi connectivity index (χ2v) is 10.8. The molecule has 1 heterocycles. The molecule has 0 spiro atoms. The minimum absolute atomic E-state index is 0.0185. The van der Waals surface area contributed by atoms with E-state index < -0.39 is 21.7 Å². The van der Waals surface area contributed by atoms with E-state index in [1.165, 1.54) is 17.2 Å². The van der Waals surface area contributed by atoms with Gasteiger partial charge in [-0.05, 0) is 68.3 Å². The molecular formula is C22H23Cl2N5O4S. The van der Waals surface area contributed by atoms with Crippen molar-refractivity contribution in [1.82, 2.24) is 9.97 Å². The fourth-order valence-corrected chi connectivity index (χ4v) is 4.69. The SMILES string of the molecule is CC(C)(C)N(C(=O)O)c1cccc(NS(=O)(=O)Cc2cccc(Nc3nc(Cl)ncc3Cl)c2)c1. The molecule has 3 aromatic rings. The third-order valence-electron chi connectivity index (χ3n) is 4.50. The first-order chi connectivity index (χ1) is 15.8. The van der Waals surface area contributed by atoms with Crippen LogP contribution in [0.1, 0.15) is 26.3 Å². The van der Waals surface area contributed by atoms with Gasteiger partial charge in [0.2, 0.25) is 15.3 Å². The molecular weight excluding hydrogens is 501 g/mol. The Kier molecular flexibility index (Phi) is 7.54. The summed E-state index contributed by atoms with van der Waals surface area (Å²) in [7, 11) is -3.81. The molecule has 0 atom stereocenters. The molecule has 9 nitrogen and oxygen atoms in total. The molecule has 34 heavy (non-hydrogen) atoms. The topological polar surface area (TPSA) is 125 Å². The number of aromatic nitrogens is 2. The Morgan fingerprint density at radius 3 is 2.44 bits per heavy atom. The monoisotopic (exact) mass is 523 g/mol. The van der Waals surface area contributed by atoms with Crippen molar-refractivity contribution in [3.05, 3.63) is 70.6 Å². The van der Waals surface area contributed by atoms with Crippen molar-refractivity contribution in [1.29, 1.82) is 0 Å². The Hall–Kier alpha value is -3.08. The number of sulfonamides is 1. The van der Waals surface area contributed by atoms with E-state index in [-0.39, 0.29) is 21.7 Å². The maximum Gasteiger partial charge on any atom is 0.412 e. The highest BCUT2D eigenvalue weighted by atomic mass is 35.5. The number of amides is 1. The molecule has 12 heteroatoms. The van der Waals surface area contributed by atoms with Crippen LogP contribution in [0.25, 0.3) is 0 Å². The van der Waals surface area contributed by atoms with Crippen molar-refractivity contribution in [2.24, 2.45) is 0 Å². The van der Waals surface area contributed by atoms with Crippen molar-refractivity contribution in [2.75, 3.05) is 14.9 Å². The summed E-state index contributed by atoms with van der Waals surface area (Å²) in [6, 6.07) is 13.0. The molecule has 0 saturated carbocycles. The minimum atomic E-state index is -3.81. The van der Waals surface area contributed by atoms with E-state index in [9.17, 15) is 18.3 Å². The van der Waals surface area contributed by atoms with E-state index in [0.717, 1.165) is 0 Å². The van der Waals surface area contributed by atoms with Crippen LogP contribution in [0.15, 0.2) is 54.7 Å². The van der Waals surface area contributed by atoms with Crippen LogP contribution in [0.2, 0.25) is 10.3 Å². The highest BCUT2D eigenvalue weighted by Crippen LogP contribution is 2.28. The Bertz CT molecular complexity index is 1310. The van der Waals surface area contributed by atoms with Gasteiger partial charge in [-0.1, -0.05) is 29.8 Å². The zero-order valence-electron chi connectivity index (χ0n) is 18.6. The Morgan fingerprint density at radius 1 is 1.09 bits per heavy atom. The molecule has 0 aliphatic rings. The fourth-order valence-electron chi connectivity index (χ4n) is 3.24. The molecule has 3 N–H and O–H groups in total. The molecule has 0 aliphatic carbocycles. The first kappa shape index (κ1) is 25.5. The van der Waals surface area contributed by atoms with Crippen LogP contribution in [0.4, 0.5) is 27.7 Å². The number of hydrogen-bond acceptors (Lipinski definition) is 6. The van der Waals surface area contributed by atoms with Crippen LogP contribution in [0.5, 0.6) is 0 Å². The fraction of sp³-hybridized carbons (Fsp3) is 0.227. The van der Waals surface area contributed by atoms with Gasteiger partial charge in [0.1, 0.15) is 5.02 Å². The van der Waals surface area contributed by atoms with Crippen molar-refractivity contribution in [2.45, 2.75) is 32.1 Å². The highest BCUT2D eigenvalue weighted by molar-refractivity contribution is 7.91. The minimum Gasteiger partial charge on any atom is -0.465 e. The first-order valence-electron chi connectivity index (χ1n) is 10.0. The largest absolute Gasteiger partial charge is 0.465 e. The number of rotatable bonds is 7. The third-order valence-corrected chi connectivity index (χ3v) is 6.22. The lowest BCUT2D eigenvalue weighted by Crippen LogP contribution is -2.45. The molecule has 0 aliphatic heterocycles. The van der Waals surface area contributed by atoms with E-state index in [0.29, 0.717) is 22.8 Å². The number of carboxylic acid groups (broad SMARTS) is 1. The lowest BCUT2D eigenvalue weighted by Gasteiger charge is -2.33. The average Bonchev–Trinajstić information content (AvgIpc) is 2.69. The number of anilines is 4. The van der Waals surface area contributed by atoms with E-state index in [4.69, 9.17) is 23.2 Å². The Morgan fingerprint density at radius 2 is 1.76 bits per heavy atom. The number of nitrogens with zero attached hydrogens (tertiary/aromatic N) is 3. The zero-order chi connectivity index (χ0) is 25.1. The summed E-state index contributed by atoms with van der Waals surface area (Å²) in [6.45, 7) is 5.25. The van der Waals surface area contributed by atoms with Crippen molar-refractivity contribution < 1.29 is 18.3 Å². The third kappa shape index (κ3) is 6.72. The maximum absolute atomic E-state index is 12.8. The van der Waals surface area contributed by atoms with E-state index in [2.05, 4.69) is 20.0 Å². The van der Waals surface area contributed by atoms with Gasteiger partial charge in [0.05, 0.1) is 17.6 Å². The Balaban J connectivity index is 1.78. The van der Waals surface area contributed by atoms with Crippen LogP contribution >= 0.6 is 23.2 Å². The lowest BCUT2D eigenvalue weighted by molar-refractivity contribution is 0.195. The number of nitrogens with one attached hydrogen (secondary N) is 2. The maximum atomic E-state index is 12.8. The predicted molar refractivity (Wildman–Crippen MR) is 135 cm³/mol. The summed E-state index contributed by atoms with van der Waals surface area (Å²) in [5, 5.41) is 12.9. The molecule has 2 aromatic carbocycles. The standard InChI is InChI=1S/C22H23Cl2N5O4S/c1-22(2,3)29(21(30)31)17-9-5-8-16(11-17)28-34(32,33)13-14-6-4-7-15(10-14)26-19-18(23)12-25-20(24)27-19/h4-12,28H,13H2,1-3H3,(H,30,31)(H,25,26,27). The summed E-state index contributed by atoms with van der Waals surface area (Å²) in [5.74, 6) is -0.0223. The van der Waals surface area contributed by atoms with Gasteiger partial charge in [-0.3, -0.25) is 9.62 Å². The zero-order valence-corrected chi connectivity index (χ0v) is 20.9. The molecule has 1 aromatic heterocycles. The van der Waals surface area contributed by atoms with Crippen LogP contribution < -0.4 is 14.9 Å². The van der Waals surface area contributed by atoms with Crippen molar-refractivity contribution >= 4 is 62.2 Å². The summed E-state index contributed by atoms with van der Waals surface area (Å²) in [6.07, 6.45) is 0.221. The van der Waals surface area contributed by atoms with Crippen LogP contribution in [-0.4, -0.2) is 35.1 Å². The summed E-state index contributed by atoms with van der Waals surface area (Å²) >= 11 is 11.9. The van der Waals surface area contributed by atoms with Gasteiger partial charge in [0.25, 0.3) is 0 Å². The molecule has 0 unspecified atom stereocenters. The quantitative estimate of drug-likeness (QED) is 0.336. The second kappa shape index (κ2) is 10.0. The van der Waals surface area contributed by atoms with Gasteiger partial charge in [0.15, 0.2) is 5.82 Å². The van der Waals surface area contributed by atoms with E-state index in [1.807, 2.05) is 0 Å². The van der Waals surface area contributed by atoms with Gasteiger partial charge in [-0.2, -0.15) is 4.98 Å². The molecule has 0 fully saturated rings. The normalized spacial score (nSPS) is 11.7. The summed E-state index contributed by atoms with van der Waals surface area (Å²) in [5.41, 5.74) is 0.963. The van der Waals surface area contributed by atoms with Gasteiger partial charge in [-0.15, -0.1) is 0 Å².